The number of phosphoric ester groups is 1. The average molecular weight is 1460 g/mol. The van der Waals surface area contributed by atoms with Gasteiger partial charge < -0.3 is 34.6 Å². The third-order valence-corrected chi connectivity index (χ3v) is 17.1. The van der Waals surface area contributed by atoms with Gasteiger partial charge >= 0.3 is 13.8 Å². The number of carbonyl (C=O) groups is 2. The Morgan fingerprint density at radius 3 is 1.43 bits per heavy atom. The number of nitrogens with two attached hydrogens (primary N) is 1. The molecule has 584 valence electrons. The number of phosphoric acid groups is 1. The molecule has 4 N–H and O–H groups in total. The van der Waals surface area contributed by atoms with Crippen molar-refractivity contribution in [2.75, 3.05) is 85.5 Å². The van der Waals surface area contributed by atoms with Crippen molar-refractivity contribution in [3.8, 4) is 71.0 Å². The Hall–Kier alpha value is -4.78. The molecule has 103 heavy (non-hydrogen) atoms. The molecular formula is C86H142F2N5O9P. The number of hydrogen-bond donors (Lipinski definition) is 3. The van der Waals surface area contributed by atoms with Crippen LogP contribution in [0, 0.1) is 150 Å². The first-order valence-corrected chi connectivity index (χ1v) is 38.8. The number of ether oxygens (including phenoxy) is 3. The van der Waals surface area contributed by atoms with Gasteiger partial charge in [0.1, 0.15) is 18.3 Å². The number of esters is 1. The average Bonchev–Trinajstić information content (AvgIpc) is 1.34. The highest BCUT2D eigenvalue weighted by atomic mass is 31.2. The maximum atomic E-state index is 13.9. The SMILES string of the molecule is CC(=O)N1CC(F)(C#CC(C)(C)C)C1.CC(C)(C)C#CC(C)(C)COP(=O)(O)O.CC(C)(C)C#CC(C)(C)N1CCOCC1.CC(C)(C)C#CC1(F)CN(CC2CC2)C1.CC(C)(C)C1CC2(CCOCC2)C1.CC(C)[C@H](N)C(=O)OCC(C)(C)C#CC(C)(C)C.Cc1cccc(C#CC(C)(C)C)n1. The summed E-state index contributed by atoms with van der Waals surface area (Å²) in [6.45, 7) is 71.1. The topological polar surface area (TPSA) is 177 Å². The van der Waals surface area contributed by atoms with Crippen LogP contribution < -0.4 is 5.73 Å². The smallest absolute Gasteiger partial charge is 0.463 e. The second-order valence-corrected chi connectivity index (χ2v) is 40.0. The molecule has 0 unspecified atom stereocenters. The van der Waals surface area contributed by atoms with Crippen molar-refractivity contribution < 1.29 is 51.5 Å². The van der Waals surface area contributed by atoms with Gasteiger partial charge in [-0.15, -0.1) is 0 Å². The van der Waals surface area contributed by atoms with E-state index in [4.69, 9.17) is 29.7 Å². The number of halogens is 2. The summed E-state index contributed by atoms with van der Waals surface area (Å²) in [4.78, 5) is 49.9. The maximum absolute atomic E-state index is 13.9. The van der Waals surface area contributed by atoms with E-state index in [0.717, 1.165) is 69.3 Å². The summed E-state index contributed by atoms with van der Waals surface area (Å²) >= 11 is 0. The number of amides is 1. The van der Waals surface area contributed by atoms with Crippen molar-refractivity contribution in [3.05, 3.63) is 29.6 Å². The van der Waals surface area contributed by atoms with Gasteiger partial charge in [0, 0.05) is 96.5 Å². The molecule has 4 aliphatic heterocycles. The lowest BCUT2D eigenvalue weighted by atomic mass is 9.52. The van der Waals surface area contributed by atoms with Crippen molar-refractivity contribution in [2.45, 2.75) is 276 Å². The van der Waals surface area contributed by atoms with Gasteiger partial charge in [-0.25, -0.2) is 18.3 Å². The third kappa shape index (κ3) is 46.1. The van der Waals surface area contributed by atoms with Crippen molar-refractivity contribution in [3.63, 3.8) is 0 Å². The van der Waals surface area contributed by atoms with Crippen LogP contribution in [0.3, 0.4) is 0 Å². The van der Waals surface area contributed by atoms with E-state index in [0.29, 0.717) is 23.9 Å². The highest BCUT2D eigenvalue weighted by Crippen LogP contribution is 2.57. The molecule has 2 aliphatic carbocycles. The Bertz CT molecular complexity index is 3270. The minimum atomic E-state index is -4.39. The molecule has 1 amide bonds. The van der Waals surface area contributed by atoms with E-state index in [1.165, 1.54) is 50.3 Å². The van der Waals surface area contributed by atoms with Crippen LogP contribution in [0.2, 0.25) is 0 Å². The summed E-state index contributed by atoms with van der Waals surface area (Å²) in [6, 6.07) is 5.33. The second-order valence-electron chi connectivity index (χ2n) is 38.7. The predicted octanol–water partition coefficient (Wildman–Crippen LogP) is 17.0. The lowest BCUT2D eigenvalue weighted by molar-refractivity contribution is -0.148. The number of pyridine rings is 1. The number of alkyl halides is 2. The number of rotatable bonds is 10. The van der Waals surface area contributed by atoms with E-state index in [-0.39, 0.29) is 87.5 Å². The maximum Gasteiger partial charge on any atom is 0.469 e. The van der Waals surface area contributed by atoms with Crippen LogP contribution >= 0.6 is 7.82 Å². The van der Waals surface area contributed by atoms with Crippen LogP contribution in [0.25, 0.3) is 0 Å². The summed E-state index contributed by atoms with van der Waals surface area (Å²) in [7, 11) is -4.39. The Labute approximate surface area is 627 Å². The van der Waals surface area contributed by atoms with Crippen molar-refractivity contribution in [1.29, 1.82) is 0 Å². The highest BCUT2D eigenvalue weighted by Gasteiger charge is 2.49. The number of likely N-dealkylation sites (tertiary alicyclic amines) is 2. The largest absolute Gasteiger partial charge is 0.469 e. The zero-order chi connectivity index (χ0) is 79.9. The molecule has 4 saturated heterocycles. The van der Waals surface area contributed by atoms with Crippen LogP contribution in [0.15, 0.2) is 18.2 Å². The predicted molar refractivity (Wildman–Crippen MR) is 421 cm³/mol. The highest BCUT2D eigenvalue weighted by molar-refractivity contribution is 7.46. The van der Waals surface area contributed by atoms with E-state index in [9.17, 15) is 22.9 Å². The van der Waals surface area contributed by atoms with E-state index in [2.05, 4.69) is 187 Å². The standard InChI is InChI=1S/C15H27NO2.C13H20FN.C13H23NO.C12H15N.C12H22O.C11H16FNO.C10H19O4P/c1-11(2)12(16)13(17)18-10-15(6,7)9-8-14(3,4)5;1-12(2,3)6-7-13(14)9-15(10-13)8-11-4-5-11;1-12(2,3)6-7-13(4,5)14-8-10-15-11-9-14;1-10-6-5-7-11(13-10)8-9-12(2,3)4;1-11(2,3)10-8-12(9-10)4-6-13-7-5-12;1-9(14)13-7-11(12,8-13)6-5-10(2,3)4;1-9(2,3)6-7-10(4,5)8-14-15(11,12)13/h11-12H,10,16H2,1-7H3;11H,4-5,8-10H2,1-3H3;8-11H2,1-5H3;5-7H,1-4H3;10H,4-9H2,1-3H3;7-8H2,1-4H3;8H2,1-5H3,(H2,11,12,13)/t12-;;;;;;/m0....../s1. The van der Waals surface area contributed by atoms with Gasteiger partial charge in [0.05, 0.1) is 43.9 Å². The normalized spacial score (nSPS) is 18.5. The fraction of sp³-hybridized carbons (Fsp3) is 0.779. The molecule has 5 heterocycles. The lowest BCUT2D eigenvalue weighted by Crippen LogP contribution is -2.59. The van der Waals surface area contributed by atoms with Gasteiger partial charge in [0.25, 0.3) is 0 Å². The molecule has 0 bridgehead atoms. The Morgan fingerprint density at radius 2 is 1.04 bits per heavy atom. The number of hydrogen-bond acceptors (Lipinski definition) is 11. The van der Waals surface area contributed by atoms with E-state index >= 15 is 0 Å². The van der Waals surface area contributed by atoms with Crippen molar-refractivity contribution in [2.24, 2.45) is 77.6 Å². The molecule has 1 aromatic rings. The Balaban J connectivity index is 0.000000602. The number of carbonyl (C=O) groups excluding carboxylic acids is 2. The van der Waals surface area contributed by atoms with Gasteiger partial charge in [0.15, 0.2) is 5.67 Å². The first-order valence-electron chi connectivity index (χ1n) is 37.3. The second kappa shape index (κ2) is 39.4. The quantitative estimate of drug-likeness (QED) is 0.115. The minimum Gasteiger partial charge on any atom is -0.463 e. The lowest BCUT2D eigenvalue weighted by Gasteiger charge is -2.54. The van der Waals surface area contributed by atoms with Crippen molar-refractivity contribution in [1.82, 2.24) is 19.7 Å². The van der Waals surface area contributed by atoms with Crippen LogP contribution in [-0.4, -0.2) is 150 Å². The first kappa shape index (κ1) is 96.2. The van der Waals surface area contributed by atoms with E-state index in [1.54, 1.807) is 13.8 Å². The first-order chi connectivity index (χ1) is 46.2. The third-order valence-electron chi connectivity index (χ3n) is 16.7. The monoisotopic (exact) mass is 1460 g/mol. The molecule has 7 rings (SSSR count). The molecule has 0 radical (unpaired) electrons. The minimum absolute atomic E-state index is 0.0307. The number of nitrogens with zero attached hydrogens (tertiary/aromatic N) is 4. The molecular weight excluding hydrogens is 1320 g/mol. The van der Waals surface area contributed by atoms with Crippen LogP contribution in [0.1, 0.15) is 258 Å². The summed E-state index contributed by atoms with van der Waals surface area (Å²) in [6.07, 6.45) is 8.23. The molecule has 1 aromatic heterocycles. The fourth-order valence-corrected chi connectivity index (χ4v) is 10.4. The molecule has 14 nitrogen and oxygen atoms in total. The molecule has 2 saturated carbocycles. The fourth-order valence-electron chi connectivity index (χ4n) is 9.86. The zero-order valence-corrected chi connectivity index (χ0v) is 71.2. The van der Waals surface area contributed by atoms with E-state index < -0.39 is 30.6 Å². The molecule has 1 atom stereocenters. The molecule has 6 aliphatic rings. The molecule has 17 heteroatoms. The van der Waals surface area contributed by atoms with Crippen LogP contribution in [0.5, 0.6) is 0 Å². The van der Waals surface area contributed by atoms with Gasteiger partial charge in [-0.1, -0.05) is 106 Å². The summed E-state index contributed by atoms with van der Waals surface area (Å²) in [5.41, 5.74) is 4.89. The van der Waals surface area contributed by atoms with Gasteiger partial charge in [-0.3, -0.25) is 23.9 Å². The summed E-state index contributed by atoms with van der Waals surface area (Å²) in [5, 5.41) is 0. The van der Waals surface area contributed by atoms with Crippen LogP contribution in [-0.2, 0) is 32.9 Å². The van der Waals surface area contributed by atoms with Gasteiger partial charge in [-0.2, -0.15) is 0 Å². The number of aryl methyl sites for hydroxylation is 1. The number of morpholine rings is 1. The zero-order valence-electron chi connectivity index (χ0n) is 70.3. The number of aromatic nitrogens is 1. The van der Waals surface area contributed by atoms with E-state index in [1.807, 2.05) is 115 Å². The molecule has 6 fully saturated rings. The summed E-state index contributed by atoms with van der Waals surface area (Å²) in [5.74, 6) is 38.0. The van der Waals surface area contributed by atoms with Gasteiger partial charge in [-0.05, 0) is 258 Å². The molecule has 0 aromatic carbocycles. The van der Waals surface area contributed by atoms with Crippen LogP contribution in [0.4, 0.5) is 8.78 Å². The Kier molecular flexibility index (Phi) is 36.8. The molecule has 1 spiro atoms. The van der Waals surface area contributed by atoms with Gasteiger partial charge in [0.2, 0.25) is 11.6 Å². The Morgan fingerprint density at radius 1 is 0.621 bits per heavy atom. The summed E-state index contributed by atoms with van der Waals surface area (Å²) < 4.78 is 58.5. The van der Waals surface area contributed by atoms with Crippen molar-refractivity contribution >= 4 is 19.7 Å².